The summed E-state index contributed by atoms with van der Waals surface area (Å²) in [6.45, 7) is 7.75. The molecule has 0 bridgehead atoms. The van der Waals surface area contributed by atoms with Crippen molar-refractivity contribution in [3.63, 3.8) is 0 Å². The molecule has 0 heterocycles. The second-order valence-electron chi connectivity index (χ2n) is 6.33. The normalized spacial score (nSPS) is 12.2. The number of hydrogen-bond acceptors (Lipinski definition) is 3. The van der Waals surface area contributed by atoms with Crippen molar-refractivity contribution in [1.82, 2.24) is 4.72 Å². The molecule has 0 aromatic heterocycles. The Morgan fingerprint density at radius 2 is 1.71 bits per heavy atom. The Bertz CT molecular complexity index is 572. The minimum atomic E-state index is -3.26. The molecule has 0 spiro atoms. The van der Waals surface area contributed by atoms with Crippen LogP contribution in [0.2, 0.25) is 0 Å². The molecule has 118 valence electrons. The maximum Gasteiger partial charge on any atom is 0.221 e. The minimum absolute atomic E-state index is 0.00520. The van der Waals surface area contributed by atoms with Crippen molar-refractivity contribution in [1.29, 1.82) is 0 Å². The van der Waals surface area contributed by atoms with E-state index in [0.717, 1.165) is 5.56 Å². The van der Waals surface area contributed by atoms with Crippen molar-refractivity contribution < 1.29 is 13.2 Å². The molecule has 6 heteroatoms. The summed E-state index contributed by atoms with van der Waals surface area (Å²) in [5, 5.41) is 2.66. The van der Waals surface area contributed by atoms with Crippen molar-refractivity contribution in [3.05, 3.63) is 29.8 Å². The Hall–Kier alpha value is -1.40. The smallest absolute Gasteiger partial charge is 0.221 e. The van der Waals surface area contributed by atoms with Crippen LogP contribution in [0.5, 0.6) is 0 Å². The van der Waals surface area contributed by atoms with Crippen LogP contribution in [0, 0.1) is 5.41 Å². The van der Waals surface area contributed by atoms with Gasteiger partial charge in [-0.3, -0.25) is 4.79 Å². The molecule has 0 unspecified atom stereocenters. The number of hydrogen-bond donors (Lipinski definition) is 2. The maximum absolute atomic E-state index is 11.9. The first-order valence-corrected chi connectivity index (χ1v) is 8.56. The van der Waals surface area contributed by atoms with E-state index in [4.69, 9.17) is 0 Å². The summed E-state index contributed by atoms with van der Waals surface area (Å²) in [7, 11) is -3.26. The fraction of sp³-hybridized carbons (Fsp3) is 0.533. The first-order chi connectivity index (χ1) is 9.57. The van der Waals surface area contributed by atoms with Gasteiger partial charge < -0.3 is 5.32 Å². The Balaban J connectivity index is 2.52. The number of sulfonamides is 1. The van der Waals surface area contributed by atoms with E-state index in [0.29, 0.717) is 12.1 Å². The average molecular weight is 312 g/mol. The van der Waals surface area contributed by atoms with Crippen molar-refractivity contribution in [2.75, 3.05) is 11.1 Å². The summed E-state index contributed by atoms with van der Waals surface area (Å²) < 4.78 is 26.4. The minimum Gasteiger partial charge on any atom is -0.326 e. The molecular formula is C15H24N2O3S. The van der Waals surface area contributed by atoms with E-state index >= 15 is 0 Å². The zero-order valence-corrected chi connectivity index (χ0v) is 13.9. The first kappa shape index (κ1) is 17.7. The molecule has 1 rings (SSSR count). The lowest BCUT2D eigenvalue weighted by atomic mass is 9.94. The van der Waals surface area contributed by atoms with Crippen molar-refractivity contribution in [2.45, 2.75) is 40.7 Å². The van der Waals surface area contributed by atoms with Gasteiger partial charge in [0.15, 0.2) is 0 Å². The number of benzene rings is 1. The largest absolute Gasteiger partial charge is 0.326 e. The first-order valence-electron chi connectivity index (χ1n) is 6.91. The van der Waals surface area contributed by atoms with Crippen LogP contribution >= 0.6 is 0 Å². The van der Waals surface area contributed by atoms with Gasteiger partial charge in [-0.25, -0.2) is 13.1 Å². The molecule has 0 radical (unpaired) electrons. The van der Waals surface area contributed by atoms with Crippen LogP contribution in [0.25, 0.3) is 0 Å². The highest BCUT2D eigenvalue weighted by molar-refractivity contribution is 7.89. The van der Waals surface area contributed by atoms with Gasteiger partial charge in [-0.1, -0.05) is 32.9 Å². The molecule has 0 saturated carbocycles. The molecule has 0 atom stereocenters. The third-order valence-corrected chi connectivity index (χ3v) is 4.22. The SMILES string of the molecule is CC(=O)Nc1ccc(CNS(=O)(=O)CCC(C)(C)C)cc1. The third-order valence-electron chi connectivity index (χ3n) is 2.89. The Morgan fingerprint density at radius 1 is 1.14 bits per heavy atom. The highest BCUT2D eigenvalue weighted by atomic mass is 32.2. The lowest BCUT2D eigenvalue weighted by molar-refractivity contribution is -0.114. The van der Waals surface area contributed by atoms with Crippen LogP contribution < -0.4 is 10.0 Å². The van der Waals surface area contributed by atoms with E-state index < -0.39 is 10.0 Å². The molecule has 0 saturated heterocycles. The van der Waals surface area contributed by atoms with Gasteiger partial charge in [0.25, 0.3) is 0 Å². The quantitative estimate of drug-likeness (QED) is 0.847. The number of carbonyl (C=O) groups is 1. The summed E-state index contributed by atoms with van der Waals surface area (Å²) in [4.78, 5) is 10.9. The van der Waals surface area contributed by atoms with Crippen LogP contribution in [0.1, 0.15) is 39.7 Å². The van der Waals surface area contributed by atoms with Crippen LogP contribution in [0.3, 0.4) is 0 Å². The lowest BCUT2D eigenvalue weighted by Crippen LogP contribution is -2.28. The lowest BCUT2D eigenvalue weighted by Gasteiger charge is -2.17. The zero-order valence-electron chi connectivity index (χ0n) is 13.1. The monoisotopic (exact) mass is 312 g/mol. The Morgan fingerprint density at radius 3 is 2.19 bits per heavy atom. The van der Waals surface area contributed by atoms with Crippen molar-refractivity contribution in [2.24, 2.45) is 5.41 Å². The summed E-state index contributed by atoms with van der Waals surface area (Å²) in [5.41, 5.74) is 1.54. The van der Waals surface area contributed by atoms with E-state index in [1.54, 1.807) is 24.3 Å². The fourth-order valence-corrected chi connectivity index (χ4v) is 3.03. The van der Waals surface area contributed by atoms with Gasteiger partial charge in [-0.2, -0.15) is 0 Å². The van der Waals surface area contributed by atoms with E-state index in [9.17, 15) is 13.2 Å². The molecule has 0 aliphatic carbocycles. The van der Waals surface area contributed by atoms with E-state index in [-0.39, 0.29) is 23.6 Å². The molecule has 21 heavy (non-hydrogen) atoms. The van der Waals surface area contributed by atoms with Crippen molar-refractivity contribution >= 4 is 21.6 Å². The number of amides is 1. The number of rotatable bonds is 6. The maximum atomic E-state index is 11.9. The molecular weight excluding hydrogens is 288 g/mol. The predicted molar refractivity (Wildman–Crippen MR) is 85.4 cm³/mol. The van der Waals surface area contributed by atoms with Gasteiger partial charge in [0.1, 0.15) is 0 Å². The van der Waals surface area contributed by atoms with E-state index in [1.165, 1.54) is 6.92 Å². The second-order valence-corrected chi connectivity index (χ2v) is 8.26. The summed E-state index contributed by atoms with van der Waals surface area (Å²) in [5.74, 6) is -0.00820. The molecule has 0 fully saturated rings. The van der Waals surface area contributed by atoms with Gasteiger partial charge in [0.05, 0.1) is 5.75 Å². The molecule has 1 amide bonds. The van der Waals surface area contributed by atoms with Gasteiger partial charge in [-0.15, -0.1) is 0 Å². The van der Waals surface area contributed by atoms with Gasteiger partial charge in [0, 0.05) is 19.2 Å². The van der Waals surface area contributed by atoms with Crippen LogP contribution in [-0.2, 0) is 21.4 Å². The van der Waals surface area contributed by atoms with Crippen LogP contribution in [-0.4, -0.2) is 20.1 Å². The molecule has 1 aromatic carbocycles. The van der Waals surface area contributed by atoms with Gasteiger partial charge in [0.2, 0.25) is 15.9 Å². The number of nitrogens with one attached hydrogen (secondary N) is 2. The third kappa shape index (κ3) is 7.82. The van der Waals surface area contributed by atoms with Crippen LogP contribution in [0.15, 0.2) is 24.3 Å². The predicted octanol–water partition coefficient (Wildman–Crippen LogP) is 2.50. The molecule has 0 aliphatic heterocycles. The highest BCUT2D eigenvalue weighted by Crippen LogP contribution is 2.19. The van der Waals surface area contributed by atoms with Gasteiger partial charge >= 0.3 is 0 Å². The zero-order chi connectivity index (χ0) is 16.1. The van der Waals surface area contributed by atoms with E-state index in [2.05, 4.69) is 10.0 Å². The topological polar surface area (TPSA) is 75.3 Å². The highest BCUT2D eigenvalue weighted by Gasteiger charge is 2.16. The van der Waals surface area contributed by atoms with Gasteiger partial charge in [-0.05, 0) is 29.5 Å². The van der Waals surface area contributed by atoms with E-state index in [1.807, 2.05) is 20.8 Å². The molecule has 5 nitrogen and oxygen atoms in total. The standard InChI is InChI=1S/C15H24N2O3S/c1-12(18)17-14-7-5-13(6-8-14)11-16-21(19,20)10-9-15(2,3)4/h5-8,16H,9-11H2,1-4H3,(H,17,18). The molecule has 2 N–H and O–H groups in total. The summed E-state index contributed by atoms with van der Waals surface area (Å²) >= 11 is 0. The summed E-state index contributed by atoms with van der Waals surface area (Å²) in [6, 6.07) is 7.08. The summed E-state index contributed by atoms with van der Waals surface area (Å²) in [6.07, 6.45) is 0.615. The Kier molecular flexibility index (Phi) is 5.92. The number of carbonyl (C=O) groups excluding carboxylic acids is 1. The van der Waals surface area contributed by atoms with Crippen LogP contribution in [0.4, 0.5) is 5.69 Å². The Labute approximate surface area is 127 Å². The fourth-order valence-electron chi connectivity index (χ4n) is 1.62. The second kappa shape index (κ2) is 7.04. The average Bonchev–Trinajstić information content (AvgIpc) is 2.35. The number of anilines is 1. The van der Waals surface area contributed by atoms with Crippen molar-refractivity contribution in [3.8, 4) is 0 Å². The molecule has 0 aliphatic rings. The molecule has 1 aromatic rings.